The van der Waals surface area contributed by atoms with Crippen LogP contribution in [0.5, 0.6) is 0 Å². The predicted molar refractivity (Wildman–Crippen MR) is 75.5 cm³/mol. The molecule has 1 amide bonds. The van der Waals surface area contributed by atoms with Crippen LogP contribution in [0.2, 0.25) is 0 Å². The molecule has 3 atom stereocenters. The second kappa shape index (κ2) is 8.92. The summed E-state index contributed by atoms with van der Waals surface area (Å²) >= 11 is 0. The van der Waals surface area contributed by atoms with Gasteiger partial charge in [0.05, 0.1) is 19.1 Å². The standard InChI is InChI=1S/C14H26N2O4/c1-3-5-6-11(14(18)19)16-13(17)10-8-20-9-12(10)15-7-4-2/h10-12,15H,3-9H2,1-2H3,(H,16,17)(H,18,19)/t10?,11-,12?/m0/s1. The first-order valence-electron chi connectivity index (χ1n) is 7.44. The molecule has 0 aromatic heterocycles. The average Bonchev–Trinajstić information content (AvgIpc) is 2.89. The van der Waals surface area contributed by atoms with Gasteiger partial charge >= 0.3 is 5.97 Å². The van der Waals surface area contributed by atoms with Crippen molar-refractivity contribution >= 4 is 11.9 Å². The van der Waals surface area contributed by atoms with Gasteiger partial charge in [-0.15, -0.1) is 0 Å². The Labute approximate surface area is 120 Å². The van der Waals surface area contributed by atoms with Crippen molar-refractivity contribution in [1.82, 2.24) is 10.6 Å². The fourth-order valence-corrected chi connectivity index (χ4v) is 2.29. The lowest BCUT2D eigenvalue weighted by Gasteiger charge is -2.21. The summed E-state index contributed by atoms with van der Waals surface area (Å²) < 4.78 is 5.34. The van der Waals surface area contributed by atoms with Gasteiger partial charge in [-0.3, -0.25) is 4.79 Å². The van der Waals surface area contributed by atoms with Crippen LogP contribution in [0.4, 0.5) is 0 Å². The van der Waals surface area contributed by atoms with E-state index in [0.717, 1.165) is 25.8 Å². The molecule has 20 heavy (non-hydrogen) atoms. The number of carbonyl (C=O) groups excluding carboxylic acids is 1. The smallest absolute Gasteiger partial charge is 0.326 e. The molecule has 0 aromatic rings. The van der Waals surface area contributed by atoms with Gasteiger partial charge in [0.1, 0.15) is 6.04 Å². The molecule has 2 unspecified atom stereocenters. The van der Waals surface area contributed by atoms with Crippen molar-refractivity contribution in [1.29, 1.82) is 0 Å². The van der Waals surface area contributed by atoms with Crippen molar-refractivity contribution in [3.05, 3.63) is 0 Å². The van der Waals surface area contributed by atoms with E-state index in [9.17, 15) is 9.59 Å². The zero-order chi connectivity index (χ0) is 15.0. The zero-order valence-corrected chi connectivity index (χ0v) is 12.4. The summed E-state index contributed by atoms with van der Waals surface area (Å²) in [6, 6.07) is -0.814. The molecule has 0 spiro atoms. The molecular weight excluding hydrogens is 260 g/mol. The maximum atomic E-state index is 12.2. The number of ether oxygens (including phenoxy) is 1. The summed E-state index contributed by atoms with van der Waals surface area (Å²) in [5.74, 6) is -1.49. The van der Waals surface area contributed by atoms with Crippen LogP contribution in [-0.4, -0.2) is 48.8 Å². The highest BCUT2D eigenvalue weighted by Crippen LogP contribution is 2.15. The minimum absolute atomic E-state index is 0.0180. The molecule has 1 fully saturated rings. The van der Waals surface area contributed by atoms with Crippen LogP contribution in [0.25, 0.3) is 0 Å². The van der Waals surface area contributed by atoms with Gasteiger partial charge in [0, 0.05) is 6.04 Å². The molecule has 0 aromatic carbocycles. The Hall–Kier alpha value is -1.14. The summed E-state index contributed by atoms with van der Waals surface area (Å²) in [6.07, 6.45) is 3.15. The molecular formula is C14H26N2O4. The van der Waals surface area contributed by atoms with Gasteiger partial charge in [0.15, 0.2) is 0 Å². The third-order valence-corrected chi connectivity index (χ3v) is 3.53. The first kappa shape index (κ1) is 16.9. The van der Waals surface area contributed by atoms with E-state index in [1.807, 2.05) is 6.92 Å². The summed E-state index contributed by atoms with van der Waals surface area (Å²) in [6.45, 7) is 5.74. The van der Waals surface area contributed by atoms with Crippen LogP contribution in [0, 0.1) is 5.92 Å². The molecule has 0 saturated carbocycles. The molecule has 6 nitrogen and oxygen atoms in total. The highest BCUT2D eigenvalue weighted by atomic mass is 16.5. The fourth-order valence-electron chi connectivity index (χ4n) is 2.29. The van der Waals surface area contributed by atoms with Crippen LogP contribution in [0.1, 0.15) is 39.5 Å². The number of hydrogen-bond acceptors (Lipinski definition) is 4. The highest BCUT2D eigenvalue weighted by molar-refractivity contribution is 5.85. The van der Waals surface area contributed by atoms with Crippen molar-refractivity contribution in [3.63, 3.8) is 0 Å². The van der Waals surface area contributed by atoms with Crippen molar-refractivity contribution in [2.75, 3.05) is 19.8 Å². The van der Waals surface area contributed by atoms with Crippen molar-refractivity contribution < 1.29 is 19.4 Å². The number of carboxylic acid groups (broad SMARTS) is 1. The Morgan fingerprint density at radius 1 is 1.30 bits per heavy atom. The van der Waals surface area contributed by atoms with E-state index in [-0.39, 0.29) is 17.9 Å². The van der Waals surface area contributed by atoms with E-state index >= 15 is 0 Å². The highest BCUT2D eigenvalue weighted by Gasteiger charge is 2.35. The molecule has 3 N–H and O–H groups in total. The molecule has 6 heteroatoms. The topological polar surface area (TPSA) is 87.7 Å². The maximum absolute atomic E-state index is 12.2. The van der Waals surface area contributed by atoms with Gasteiger partial charge in [-0.25, -0.2) is 4.79 Å². The molecule has 0 radical (unpaired) electrons. The van der Waals surface area contributed by atoms with E-state index < -0.39 is 12.0 Å². The van der Waals surface area contributed by atoms with Crippen LogP contribution < -0.4 is 10.6 Å². The van der Waals surface area contributed by atoms with Gasteiger partial charge in [0.25, 0.3) is 0 Å². The van der Waals surface area contributed by atoms with Crippen LogP contribution in [0.15, 0.2) is 0 Å². The van der Waals surface area contributed by atoms with Crippen molar-refractivity contribution in [2.45, 2.75) is 51.6 Å². The van der Waals surface area contributed by atoms with E-state index in [1.54, 1.807) is 0 Å². The normalized spacial score (nSPS) is 23.5. The summed E-state index contributed by atoms with van der Waals surface area (Å²) in [5, 5.41) is 15.1. The number of aliphatic carboxylic acids is 1. The third kappa shape index (κ3) is 5.09. The Kier molecular flexibility index (Phi) is 7.54. The number of amides is 1. The molecule has 116 valence electrons. The SMILES string of the molecule is CCCC[C@H](NC(=O)C1COCC1NCCC)C(=O)O. The first-order valence-corrected chi connectivity index (χ1v) is 7.44. The number of carboxylic acids is 1. The summed E-state index contributed by atoms with van der Waals surface area (Å²) in [4.78, 5) is 23.4. The number of hydrogen-bond donors (Lipinski definition) is 3. The minimum Gasteiger partial charge on any atom is -0.480 e. The van der Waals surface area contributed by atoms with E-state index in [2.05, 4.69) is 17.6 Å². The maximum Gasteiger partial charge on any atom is 0.326 e. The minimum atomic E-state index is -0.969. The molecule has 1 heterocycles. The van der Waals surface area contributed by atoms with Gasteiger partial charge < -0.3 is 20.5 Å². The number of unbranched alkanes of at least 4 members (excludes halogenated alkanes) is 1. The average molecular weight is 286 g/mol. The fraction of sp³-hybridized carbons (Fsp3) is 0.857. The number of carbonyl (C=O) groups is 2. The quantitative estimate of drug-likeness (QED) is 0.582. The van der Waals surface area contributed by atoms with Gasteiger partial charge in [-0.05, 0) is 19.4 Å². The molecule has 1 rings (SSSR count). The molecule has 1 aliphatic rings. The van der Waals surface area contributed by atoms with E-state index in [1.165, 1.54) is 0 Å². The van der Waals surface area contributed by atoms with Crippen molar-refractivity contribution in [3.8, 4) is 0 Å². The summed E-state index contributed by atoms with van der Waals surface area (Å²) in [7, 11) is 0. The molecule has 1 saturated heterocycles. The number of rotatable bonds is 9. The lowest BCUT2D eigenvalue weighted by molar-refractivity contribution is -0.142. The Morgan fingerprint density at radius 3 is 2.65 bits per heavy atom. The van der Waals surface area contributed by atoms with Crippen LogP contribution in [0.3, 0.4) is 0 Å². The molecule has 0 bridgehead atoms. The Morgan fingerprint density at radius 2 is 2.05 bits per heavy atom. The van der Waals surface area contributed by atoms with Gasteiger partial charge in [0.2, 0.25) is 5.91 Å². The zero-order valence-electron chi connectivity index (χ0n) is 12.4. The predicted octanol–water partition coefficient (Wildman–Crippen LogP) is 0.761. The van der Waals surface area contributed by atoms with E-state index in [4.69, 9.17) is 9.84 Å². The monoisotopic (exact) mass is 286 g/mol. The Balaban J connectivity index is 2.51. The van der Waals surface area contributed by atoms with Gasteiger partial charge in [-0.1, -0.05) is 26.7 Å². The van der Waals surface area contributed by atoms with Crippen LogP contribution in [-0.2, 0) is 14.3 Å². The lowest BCUT2D eigenvalue weighted by Crippen LogP contribution is -2.49. The molecule has 1 aliphatic heterocycles. The van der Waals surface area contributed by atoms with E-state index in [0.29, 0.717) is 19.6 Å². The second-order valence-electron chi connectivity index (χ2n) is 5.25. The van der Waals surface area contributed by atoms with Gasteiger partial charge in [-0.2, -0.15) is 0 Å². The lowest BCUT2D eigenvalue weighted by atomic mass is 10.0. The third-order valence-electron chi connectivity index (χ3n) is 3.53. The van der Waals surface area contributed by atoms with Crippen LogP contribution >= 0.6 is 0 Å². The first-order chi connectivity index (χ1) is 9.60. The summed E-state index contributed by atoms with van der Waals surface area (Å²) in [5.41, 5.74) is 0. The number of nitrogens with one attached hydrogen (secondary N) is 2. The largest absolute Gasteiger partial charge is 0.480 e. The second-order valence-corrected chi connectivity index (χ2v) is 5.25. The Bertz CT molecular complexity index is 322. The molecule has 0 aliphatic carbocycles. The van der Waals surface area contributed by atoms with Crippen molar-refractivity contribution in [2.24, 2.45) is 5.92 Å².